The summed E-state index contributed by atoms with van der Waals surface area (Å²) in [6.45, 7) is 6.16. The highest BCUT2D eigenvalue weighted by Gasteiger charge is 2.44. The number of para-hydroxylation sites is 1. The Labute approximate surface area is 258 Å². The molecule has 2 saturated heterocycles. The number of carboxylic acids is 1. The van der Waals surface area contributed by atoms with E-state index in [1.165, 1.54) is 4.90 Å². The molecule has 6 rings (SSSR count). The molecule has 13 heteroatoms. The summed E-state index contributed by atoms with van der Waals surface area (Å²) < 4.78 is 5.66. The van der Waals surface area contributed by atoms with Crippen LogP contribution < -0.4 is 9.80 Å². The number of fused-ring (bicyclic) bond motifs is 1. The summed E-state index contributed by atoms with van der Waals surface area (Å²) in [4.78, 5) is 30.7. The molecule has 0 radical (unpaired) electrons. The minimum atomic E-state index is -1.16. The summed E-state index contributed by atoms with van der Waals surface area (Å²) in [7, 11) is 0. The van der Waals surface area contributed by atoms with Crippen LogP contribution in [0.2, 0.25) is 5.02 Å². The number of anilines is 2. The lowest BCUT2D eigenvalue weighted by molar-refractivity contribution is -0.149. The Morgan fingerprint density at radius 2 is 1.75 bits per heavy atom. The summed E-state index contributed by atoms with van der Waals surface area (Å²) in [5, 5.41) is 44.0. The van der Waals surface area contributed by atoms with Crippen molar-refractivity contribution < 1.29 is 29.4 Å². The van der Waals surface area contributed by atoms with E-state index < -0.39 is 29.9 Å². The number of aromatic nitrogens is 3. The molecule has 44 heavy (non-hydrogen) atoms. The molecule has 0 spiro atoms. The summed E-state index contributed by atoms with van der Waals surface area (Å²) in [6, 6.07) is 13.9. The normalized spacial score (nSPS) is 19.6. The van der Waals surface area contributed by atoms with E-state index in [1.54, 1.807) is 18.2 Å². The predicted molar refractivity (Wildman–Crippen MR) is 164 cm³/mol. The van der Waals surface area contributed by atoms with Gasteiger partial charge in [-0.3, -0.25) is 4.79 Å². The second kappa shape index (κ2) is 11.9. The third-order valence-electron chi connectivity index (χ3n) is 8.40. The van der Waals surface area contributed by atoms with Crippen molar-refractivity contribution in [2.75, 3.05) is 42.5 Å². The summed E-state index contributed by atoms with van der Waals surface area (Å²) in [5.41, 5.74) is 2.97. The molecule has 1 unspecified atom stereocenters. The zero-order valence-electron chi connectivity index (χ0n) is 24.3. The predicted octanol–water partition coefficient (Wildman–Crippen LogP) is 3.76. The lowest BCUT2D eigenvalue weighted by Gasteiger charge is -2.36. The number of hydrogen-bond donors (Lipinski definition) is 3. The molecule has 2 aromatic carbocycles. The number of amides is 1. The number of carbonyl (C=O) groups is 2. The number of aromatic hydroxyl groups is 1. The van der Waals surface area contributed by atoms with Crippen LogP contribution in [0.25, 0.3) is 22.2 Å². The SMILES string of the molecule is CC(C)C(C(=O)N1C[C@H](O)C[C@H]1C(=O)O)c1onc(N2CCN(c3ccc4cc(-c5ccccc5O)nnc4c3)CC2)c1Cl. The number of aliphatic hydroxyl groups excluding tert-OH is 1. The first kappa shape index (κ1) is 29.6. The number of piperazine rings is 1. The minimum Gasteiger partial charge on any atom is -0.507 e. The number of hydrogen-bond acceptors (Lipinski definition) is 10. The monoisotopic (exact) mass is 620 g/mol. The first-order valence-corrected chi connectivity index (χ1v) is 14.9. The molecule has 4 aromatic rings. The maximum Gasteiger partial charge on any atom is 0.326 e. The van der Waals surface area contributed by atoms with Crippen molar-refractivity contribution in [2.45, 2.75) is 38.3 Å². The largest absolute Gasteiger partial charge is 0.507 e. The Balaban J connectivity index is 1.16. The van der Waals surface area contributed by atoms with Crippen LogP contribution in [0.15, 0.2) is 53.1 Å². The van der Waals surface area contributed by atoms with Crippen molar-refractivity contribution in [3.63, 3.8) is 0 Å². The average molecular weight is 621 g/mol. The van der Waals surface area contributed by atoms with Gasteiger partial charge in [0, 0.05) is 55.8 Å². The fraction of sp³-hybridized carbons (Fsp3) is 0.387. The molecule has 4 heterocycles. The minimum absolute atomic E-state index is 0.0192. The van der Waals surface area contributed by atoms with E-state index in [2.05, 4.69) is 20.3 Å². The molecule has 2 aliphatic heterocycles. The van der Waals surface area contributed by atoms with Gasteiger partial charge in [0.05, 0.1) is 17.3 Å². The van der Waals surface area contributed by atoms with Gasteiger partial charge in [0.1, 0.15) is 22.7 Å². The first-order valence-electron chi connectivity index (χ1n) is 14.5. The summed E-state index contributed by atoms with van der Waals surface area (Å²) in [6.07, 6.45) is -0.921. The molecule has 230 valence electrons. The Morgan fingerprint density at radius 3 is 2.45 bits per heavy atom. The van der Waals surface area contributed by atoms with Gasteiger partial charge in [-0.25, -0.2) is 4.79 Å². The number of β-amino-alcohol motifs (C(OH)–C–C–N with tert-alkyl or cyclic N) is 1. The van der Waals surface area contributed by atoms with Crippen molar-refractivity contribution in [3.8, 4) is 17.0 Å². The lowest BCUT2D eigenvalue weighted by Crippen LogP contribution is -2.46. The second-order valence-corrected chi connectivity index (χ2v) is 12.0. The molecule has 12 nitrogen and oxygen atoms in total. The van der Waals surface area contributed by atoms with Gasteiger partial charge in [-0.2, -0.15) is 0 Å². The number of aliphatic carboxylic acids is 1. The number of rotatable bonds is 7. The maximum atomic E-state index is 13.5. The first-order chi connectivity index (χ1) is 21.1. The van der Waals surface area contributed by atoms with Gasteiger partial charge in [-0.05, 0) is 36.2 Å². The molecule has 0 bridgehead atoms. The van der Waals surface area contributed by atoms with Crippen LogP contribution in [-0.4, -0.2) is 92.3 Å². The van der Waals surface area contributed by atoms with Crippen molar-refractivity contribution in [1.29, 1.82) is 0 Å². The van der Waals surface area contributed by atoms with Crippen molar-refractivity contribution in [1.82, 2.24) is 20.3 Å². The van der Waals surface area contributed by atoms with Gasteiger partial charge >= 0.3 is 5.97 Å². The van der Waals surface area contributed by atoms with Crippen LogP contribution in [0.5, 0.6) is 5.75 Å². The van der Waals surface area contributed by atoms with Gasteiger partial charge < -0.3 is 34.5 Å². The fourth-order valence-electron chi connectivity index (χ4n) is 6.06. The highest BCUT2D eigenvalue weighted by molar-refractivity contribution is 6.33. The molecule has 1 amide bonds. The zero-order valence-corrected chi connectivity index (χ0v) is 25.1. The van der Waals surface area contributed by atoms with Crippen LogP contribution in [0.1, 0.15) is 31.9 Å². The summed E-state index contributed by atoms with van der Waals surface area (Å²) in [5.74, 6) is -1.92. The standard InChI is InChI=1S/C31H33ClN6O6/c1-17(2)26(30(41)38-16-20(39)15-24(38)31(42)43)28-27(32)29(35-44-28)37-11-9-36(10-12-37)19-8-7-18-13-23(34-33-22(18)14-19)21-5-3-4-6-25(21)40/h3-8,13-14,17,20,24,26,39-40H,9-12,15-16H2,1-2H3,(H,42,43)/t20-,24+,26?/m1/s1. The number of nitrogens with zero attached hydrogens (tertiary/aromatic N) is 6. The number of halogens is 1. The van der Waals surface area contributed by atoms with E-state index in [0.717, 1.165) is 16.6 Å². The summed E-state index contributed by atoms with van der Waals surface area (Å²) >= 11 is 6.78. The van der Waals surface area contributed by atoms with Crippen molar-refractivity contribution in [2.24, 2.45) is 5.92 Å². The molecular formula is C31H33ClN6O6. The van der Waals surface area contributed by atoms with Crippen LogP contribution in [0.3, 0.4) is 0 Å². The molecule has 2 fully saturated rings. The number of carboxylic acid groups (broad SMARTS) is 1. The van der Waals surface area contributed by atoms with E-state index in [-0.39, 0.29) is 35.4 Å². The number of likely N-dealkylation sites (tertiary alicyclic amines) is 1. The number of phenolic OH excluding ortho intramolecular Hbond substituents is 1. The van der Waals surface area contributed by atoms with E-state index in [1.807, 2.05) is 49.1 Å². The quantitative estimate of drug-likeness (QED) is 0.276. The van der Waals surface area contributed by atoms with E-state index >= 15 is 0 Å². The van der Waals surface area contributed by atoms with Crippen molar-refractivity contribution >= 4 is 45.9 Å². The van der Waals surface area contributed by atoms with Crippen LogP contribution in [-0.2, 0) is 9.59 Å². The third-order valence-corrected chi connectivity index (χ3v) is 8.76. The van der Waals surface area contributed by atoms with E-state index in [0.29, 0.717) is 43.3 Å². The van der Waals surface area contributed by atoms with Crippen molar-refractivity contribution in [3.05, 3.63) is 59.3 Å². The van der Waals surface area contributed by atoms with Crippen LogP contribution >= 0.6 is 11.6 Å². The topological polar surface area (TPSA) is 156 Å². The molecule has 3 atom stereocenters. The number of aliphatic hydroxyl groups is 1. The highest BCUT2D eigenvalue weighted by Crippen LogP contribution is 2.39. The number of phenols is 1. The Morgan fingerprint density at radius 1 is 1.02 bits per heavy atom. The fourth-order valence-corrected chi connectivity index (χ4v) is 6.37. The molecule has 0 saturated carbocycles. The lowest BCUT2D eigenvalue weighted by atomic mass is 9.91. The molecular weight excluding hydrogens is 588 g/mol. The smallest absolute Gasteiger partial charge is 0.326 e. The molecule has 0 aliphatic carbocycles. The van der Waals surface area contributed by atoms with E-state index in [4.69, 9.17) is 16.1 Å². The molecule has 3 N–H and O–H groups in total. The third kappa shape index (κ3) is 5.50. The van der Waals surface area contributed by atoms with Gasteiger partial charge in [-0.15, -0.1) is 10.2 Å². The van der Waals surface area contributed by atoms with Crippen LogP contribution in [0, 0.1) is 5.92 Å². The second-order valence-electron chi connectivity index (χ2n) is 11.6. The Bertz CT molecular complexity index is 1700. The van der Waals surface area contributed by atoms with Gasteiger partial charge in [0.25, 0.3) is 0 Å². The van der Waals surface area contributed by atoms with Gasteiger partial charge in [-0.1, -0.05) is 48.8 Å². The molecule has 2 aliphatic rings. The highest BCUT2D eigenvalue weighted by atomic mass is 35.5. The van der Waals surface area contributed by atoms with Gasteiger partial charge in [0.2, 0.25) is 5.91 Å². The zero-order chi connectivity index (χ0) is 31.1. The number of benzene rings is 2. The maximum absolute atomic E-state index is 13.5. The Hall–Kier alpha value is -4.42. The van der Waals surface area contributed by atoms with E-state index in [9.17, 15) is 24.9 Å². The molecule has 2 aromatic heterocycles. The number of carbonyl (C=O) groups excluding carboxylic acids is 1. The van der Waals surface area contributed by atoms with Crippen LogP contribution in [0.4, 0.5) is 11.5 Å². The van der Waals surface area contributed by atoms with Gasteiger partial charge in [0.15, 0.2) is 11.6 Å². The Kier molecular flexibility index (Phi) is 8.04. The average Bonchev–Trinajstić information content (AvgIpc) is 3.59.